The molecule has 0 aliphatic carbocycles. The van der Waals surface area contributed by atoms with Crippen molar-refractivity contribution in [1.29, 1.82) is 0 Å². The van der Waals surface area contributed by atoms with Crippen LogP contribution in [0.15, 0.2) is 12.3 Å². The third kappa shape index (κ3) is 5.94. The standard InChI is InChI=1S/C21H31N3O5S/c1-6-7-8-9-17-10-18-20(22-11-17)29-19(13-23(4)30(5,27)28)15(2)12-24(21(18)26)16(3)14-25/h10-11,15-16,19,25H,6-7,12-14H2,1-5H3/t15-,16-,19+/m1/s1. The van der Waals surface area contributed by atoms with Gasteiger partial charge in [-0.2, -0.15) is 0 Å². The number of aliphatic hydroxyl groups excluding tert-OH is 1. The van der Waals surface area contributed by atoms with Crippen LogP contribution in [0.4, 0.5) is 0 Å². The summed E-state index contributed by atoms with van der Waals surface area (Å²) < 4.78 is 31.1. The van der Waals surface area contributed by atoms with Gasteiger partial charge < -0.3 is 14.7 Å². The van der Waals surface area contributed by atoms with E-state index in [1.165, 1.54) is 11.4 Å². The van der Waals surface area contributed by atoms with Crippen molar-refractivity contribution in [2.45, 2.75) is 45.8 Å². The van der Waals surface area contributed by atoms with Gasteiger partial charge in [-0.05, 0) is 19.4 Å². The summed E-state index contributed by atoms with van der Waals surface area (Å²) in [6, 6.07) is 1.24. The van der Waals surface area contributed by atoms with Crippen LogP contribution in [-0.4, -0.2) is 78.8 Å². The zero-order chi connectivity index (χ0) is 22.5. The first-order chi connectivity index (χ1) is 14.1. The average Bonchev–Trinajstić information content (AvgIpc) is 2.69. The van der Waals surface area contributed by atoms with Crippen molar-refractivity contribution in [3.63, 3.8) is 0 Å². The molecule has 0 saturated carbocycles. The third-order valence-corrected chi connectivity index (χ3v) is 6.41. The first-order valence-corrected chi connectivity index (χ1v) is 11.9. The van der Waals surface area contributed by atoms with Gasteiger partial charge in [0.15, 0.2) is 0 Å². The molecule has 166 valence electrons. The normalized spacial score (nSPS) is 20.5. The highest BCUT2D eigenvalue weighted by molar-refractivity contribution is 7.88. The molecule has 8 nitrogen and oxygen atoms in total. The second kappa shape index (κ2) is 10.2. The largest absolute Gasteiger partial charge is 0.472 e. The molecular weight excluding hydrogens is 406 g/mol. The Morgan fingerprint density at radius 3 is 2.77 bits per heavy atom. The molecule has 0 saturated heterocycles. The van der Waals surface area contributed by atoms with Gasteiger partial charge in [-0.25, -0.2) is 17.7 Å². The van der Waals surface area contributed by atoms with Crippen LogP contribution in [0.2, 0.25) is 0 Å². The highest BCUT2D eigenvalue weighted by atomic mass is 32.2. The number of sulfonamides is 1. The minimum atomic E-state index is -3.39. The number of nitrogens with zero attached hydrogens (tertiary/aromatic N) is 3. The molecule has 2 rings (SSSR count). The summed E-state index contributed by atoms with van der Waals surface area (Å²) in [5, 5.41) is 9.67. The number of pyridine rings is 1. The SMILES string of the molecule is CCCC#Cc1cnc2c(c1)C(=O)N([C@H](C)CO)C[C@@H](C)[C@H](CN(C)S(C)(=O)=O)O2. The Morgan fingerprint density at radius 1 is 1.47 bits per heavy atom. The monoisotopic (exact) mass is 437 g/mol. The second-order valence-corrected chi connectivity index (χ2v) is 9.88. The van der Waals surface area contributed by atoms with Gasteiger partial charge >= 0.3 is 0 Å². The van der Waals surface area contributed by atoms with Gasteiger partial charge in [0, 0.05) is 37.7 Å². The quantitative estimate of drug-likeness (QED) is 0.675. The van der Waals surface area contributed by atoms with E-state index >= 15 is 0 Å². The summed E-state index contributed by atoms with van der Waals surface area (Å²) in [6.45, 7) is 5.94. The predicted molar refractivity (Wildman–Crippen MR) is 115 cm³/mol. The smallest absolute Gasteiger partial charge is 0.259 e. The van der Waals surface area contributed by atoms with Gasteiger partial charge in [0.2, 0.25) is 15.9 Å². The van der Waals surface area contributed by atoms with Crippen LogP contribution in [0.1, 0.15) is 49.5 Å². The predicted octanol–water partition coefficient (Wildman–Crippen LogP) is 1.34. The van der Waals surface area contributed by atoms with Gasteiger partial charge in [-0.3, -0.25) is 4.79 Å². The molecule has 1 aromatic rings. The Kier molecular flexibility index (Phi) is 8.24. The average molecular weight is 438 g/mol. The fourth-order valence-corrected chi connectivity index (χ4v) is 3.48. The zero-order valence-electron chi connectivity index (χ0n) is 18.3. The number of aromatic nitrogens is 1. The number of carbonyl (C=O) groups excluding carboxylic acids is 1. The molecule has 0 unspecified atom stereocenters. The highest BCUT2D eigenvalue weighted by Crippen LogP contribution is 2.27. The van der Waals surface area contributed by atoms with Gasteiger partial charge in [-0.15, -0.1) is 0 Å². The number of hydrogen-bond acceptors (Lipinski definition) is 6. The molecule has 2 heterocycles. The molecule has 0 fully saturated rings. The summed E-state index contributed by atoms with van der Waals surface area (Å²) in [5.41, 5.74) is 0.867. The molecule has 30 heavy (non-hydrogen) atoms. The molecular formula is C21H31N3O5S. The summed E-state index contributed by atoms with van der Waals surface area (Å²) in [5.74, 6) is 5.71. The van der Waals surface area contributed by atoms with Crippen LogP contribution in [0.25, 0.3) is 0 Å². The number of aliphatic hydroxyl groups is 1. The second-order valence-electron chi connectivity index (χ2n) is 7.79. The molecule has 0 aromatic carbocycles. The van der Waals surface area contributed by atoms with E-state index < -0.39 is 22.2 Å². The lowest BCUT2D eigenvalue weighted by Crippen LogP contribution is -2.50. The summed E-state index contributed by atoms with van der Waals surface area (Å²) in [4.78, 5) is 19.2. The maximum Gasteiger partial charge on any atom is 0.259 e. The summed E-state index contributed by atoms with van der Waals surface area (Å²) in [7, 11) is -1.90. The number of hydrogen-bond donors (Lipinski definition) is 1. The lowest BCUT2D eigenvalue weighted by atomic mass is 10.0. The third-order valence-electron chi connectivity index (χ3n) is 5.13. The minimum absolute atomic E-state index is 0.120. The lowest BCUT2D eigenvalue weighted by Gasteiger charge is -2.37. The number of unbranched alkanes of at least 4 members (excludes halogenated alkanes) is 1. The maximum atomic E-state index is 13.2. The van der Waals surface area contributed by atoms with E-state index in [1.54, 1.807) is 24.1 Å². The molecule has 1 aliphatic heterocycles. The minimum Gasteiger partial charge on any atom is -0.472 e. The van der Waals surface area contributed by atoms with E-state index in [1.807, 2.05) is 13.8 Å². The van der Waals surface area contributed by atoms with Crippen molar-refractivity contribution in [3.8, 4) is 17.7 Å². The Bertz CT molecular complexity index is 922. The molecule has 0 bridgehead atoms. The van der Waals surface area contributed by atoms with Crippen molar-refractivity contribution in [1.82, 2.24) is 14.2 Å². The molecule has 1 amide bonds. The van der Waals surface area contributed by atoms with Gasteiger partial charge in [0.25, 0.3) is 5.91 Å². The van der Waals surface area contributed by atoms with Crippen molar-refractivity contribution in [2.24, 2.45) is 5.92 Å². The van der Waals surface area contributed by atoms with E-state index in [-0.39, 0.29) is 36.4 Å². The first-order valence-electron chi connectivity index (χ1n) is 10.1. The molecule has 1 N–H and O–H groups in total. The summed E-state index contributed by atoms with van der Waals surface area (Å²) >= 11 is 0. The van der Waals surface area contributed by atoms with Gasteiger partial charge in [0.05, 0.1) is 25.4 Å². The Morgan fingerprint density at radius 2 is 2.17 bits per heavy atom. The van der Waals surface area contributed by atoms with Crippen molar-refractivity contribution in [3.05, 3.63) is 23.4 Å². The number of fused-ring (bicyclic) bond motifs is 1. The Labute approximate surface area is 179 Å². The fraction of sp³-hybridized carbons (Fsp3) is 0.619. The number of rotatable bonds is 6. The van der Waals surface area contributed by atoms with Crippen LogP contribution < -0.4 is 4.74 Å². The number of likely N-dealkylation sites (N-methyl/N-ethyl adjacent to an activating group) is 1. The van der Waals surface area contributed by atoms with E-state index in [9.17, 15) is 18.3 Å². The number of ether oxygens (including phenoxy) is 1. The first kappa shape index (κ1) is 24.1. The lowest BCUT2D eigenvalue weighted by molar-refractivity contribution is 0.0373. The molecule has 1 aliphatic rings. The Hall–Kier alpha value is -2.15. The topological polar surface area (TPSA) is 100 Å². The fourth-order valence-electron chi connectivity index (χ4n) is 3.07. The van der Waals surface area contributed by atoms with E-state index in [0.717, 1.165) is 19.1 Å². The molecule has 0 radical (unpaired) electrons. The maximum absolute atomic E-state index is 13.2. The molecule has 1 aromatic heterocycles. The zero-order valence-corrected chi connectivity index (χ0v) is 19.1. The van der Waals surface area contributed by atoms with Crippen LogP contribution in [0, 0.1) is 17.8 Å². The van der Waals surface area contributed by atoms with Crippen molar-refractivity contribution in [2.75, 3.05) is 33.0 Å². The Balaban J connectivity index is 2.49. The van der Waals surface area contributed by atoms with E-state index in [4.69, 9.17) is 4.74 Å². The number of carbonyl (C=O) groups is 1. The van der Waals surface area contributed by atoms with Crippen LogP contribution in [-0.2, 0) is 10.0 Å². The molecule has 0 spiro atoms. The summed E-state index contributed by atoms with van der Waals surface area (Å²) in [6.07, 6.45) is 3.85. The van der Waals surface area contributed by atoms with Gasteiger partial charge in [-0.1, -0.05) is 25.7 Å². The number of amides is 1. The van der Waals surface area contributed by atoms with Crippen LogP contribution in [0.5, 0.6) is 5.88 Å². The molecule has 9 heteroatoms. The van der Waals surface area contributed by atoms with E-state index in [2.05, 4.69) is 16.8 Å². The van der Waals surface area contributed by atoms with E-state index in [0.29, 0.717) is 12.1 Å². The highest BCUT2D eigenvalue weighted by Gasteiger charge is 2.35. The van der Waals surface area contributed by atoms with Crippen molar-refractivity contribution >= 4 is 15.9 Å². The molecule has 3 atom stereocenters. The van der Waals surface area contributed by atoms with Crippen molar-refractivity contribution < 1.29 is 23.1 Å². The van der Waals surface area contributed by atoms with Gasteiger partial charge in [0.1, 0.15) is 11.7 Å². The van der Waals surface area contributed by atoms with Crippen LogP contribution in [0.3, 0.4) is 0 Å². The van der Waals surface area contributed by atoms with Crippen LogP contribution >= 0.6 is 0 Å².